The molecule has 0 bridgehead atoms. The van der Waals surface area contributed by atoms with Crippen LogP contribution in [0.1, 0.15) is 23.4 Å². The second kappa shape index (κ2) is 5.84. The van der Waals surface area contributed by atoms with Crippen molar-refractivity contribution in [3.05, 3.63) is 48.4 Å². The predicted molar refractivity (Wildman–Crippen MR) is 83.5 cm³/mol. The molecule has 1 aromatic carbocycles. The number of sulfonamides is 1. The minimum absolute atomic E-state index is 0.185. The molecule has 1 aliphatic rings. The first kappa shape index (κ1) is 14.6. The smallest absolute Gasteiger partial charge is 0.291 e. The Balaban J connectivity index is 1.74. The van der Waals surface area contributed by atoms with Crippen LogP contribution in [0.25, 0.3) is 0 Å². The highest BCUT2D eigenvalue weighted by molar-refractivity contribution is 7.92. The van der Waals surface area contributed by atoms with Crippen molar-refractivity contribution >= 4 is 27.3 Å². The molecule has 1 saturated heterocycles. The predicted octanol–water partition coefficient (Wildman–Crippen LogP) is 2.46. The number of furan rings is 1. The third-order valence-corrected chi connectivity index (χ3v) is 5.38. The van der Waals surface area contributed by atoms with Crippen molar-refractivity contribution in [2.45, 2.75) is 12.8 Å². The van der Waals surface area contributed by atoms with Gasteiger partial charge in [0.1, 0.15) is 0 Å². The highest BCUT2D eigenvalue weighted by Gasteiger charge is 2.25. The first-order chi connectivity index (χ1) is 10.6. The lowest BCUT2D eigenvalue weighted by atomic mass is 10.2. The van der Waals surface area contributed by atoms with Gasteiger partial charge in [0.2, 0.25) is 10.0 Å². The monoisotopic (exact) mass is 320 g/mol. The van der Waals surface area contributed by atoms with Gasteiger partial charge in [-0.05, 0) is 49.2 Å². The Kier molecular flexibility index (Phi) is 3.89. The average Bonchev–Trinajstić information content (AvgIpc) is 3.02. The molecule has 1 aromatic heterocycles. The summed E-state index contributed by atoms with van der Waals surface area (Å²) < 4.78 is 30.5. The molecule has 0 aliphatic carbocycles. The van der Waals surface area contributed by atoms with E-state index in [2.05, 4.69) is 5.32 Å². The molecule has 1 fully saturated rings. The minimum atomic E-state index is -3.22. The zero-order chi connectivity index (χ0) is 15.6. The van der Waals surface area contributed by atoms with Crippen LogP contribution in [-0.2, 0) is 10.0 Å². The second-order valence-electron chi connectivity index (χ2n) is 5.07. The number of carbonyl (C=O) groups is 1. The molecular formula is C15H16N2O4S. The third kappa shape index (κ3) is 2.99. The molecule has 2 heterocycles. The topological polar surface area (TPSA) is 79.6 Å². The van der Waals surface area contributed by atoms with Gasteiger partial charge in [0.25, 0.3) is 5.91 Å². The summed E-state index contributed by atoms with van der Waals surface area (Å²) in [6, 6.07) is 9.96. The third-order valence-electron chi connectivity index (χ3n) is 3.51. The summed E-state index contributed by atoms with van der Waals surface area (Å²) in [4.78, 5) is 11.9. The minimum Gasteiger partial charge on any atom is -0.459 e. The fraction of sp³-hybridized carbons (Fsp3) is 0.267. The normalized spacial score (nSPS) is 17.2. The first-order valence-corrected chi connectivity index (χ1v) is 8.62. The maximum atomic E-state index is 12.0. The number of nitrogens with one attached hydrogen (secondary N) is 1. The number of benzene rings is 1. The van der Waals surface area contributed by atoms with Crippen molar-refractivity contribution in [3.63, 3.8) is 0 Å². The Morgan fingerprint density at radius 3 is 2.55 bits per heavy atom. The van der Waals surface area contributed by atoms with Crippen LogP contribution in [0.4, 0.5) is 11.4 Å². The van der Waals surface area contributed by atoms with Crippen LogP contribution in [0.5, 0.6) is 0 Å². The van der Waals surface area contributed by atoms with Crippen molar-refractivity contribution in [1.82, 2.24) is 0 Å². The van der Waals surface area contributed by atoms with Gasteiger partial charge in [0.15, 0.2) is 5.76 Å². The molecule has 1 N–H and O–H groups in total. The van der Waals surface area contributed by atoms with Crippen LogP contribution in [0.2, 0.25) is 0 Å². The van der Waals surface area contributed by atoms with E-state index < -0.39 is 10.0 Å². The molecule has 0 unspecified atom stereocenters. The highest BCUT2D eigenvalue weighted by Crippen LogP contribution is 2.25. The van der Waals surface area contributed by atoms with E-state index in [9.17, 15) is 13.2 Å². The Morgan fingerprint density at radius 2 is 1.91 bits per heavy atom. The van der Waals surface area contributed by atoms with Gasteiger partial charge in [0.05, 0.1) is 17.7 Å². The molecule has 0 radical (unpaired) electrons. The largest absolute Gasteiger partial charge is 0.459 e. The summed E-state index contributed by atoms with van der Waals surface area (Å²) in [5.74, 6) is 0.0651. The van der Waals surface area contributed by atoms with Gasteiger partial charge in [-0.3, -0.25) is 9.10 Å². The van der Waals surface area contributed by atoms with Crippen LogP contribution in [-0.4, -0.2) is 26.6 Å². The van der Waals surface area contributed by atoms with E-state index in [1.807, 2.05) is 0 Å². The second-order valence-corrected chi connectivity index (χ2v) is 7.09. The maximum absolute atomic E-state index is 12.0. The summed E-state index contributed by atoms with van der Waals surface area (Å²) in [7, 11) is -3.22. The van der Waals surface area contributed by atoms with Crippen molar-refractivity contribution in [3.8, 4) is 0 Å². The zero-order valence-corrected chi connectivity index (χ0v) is 12.7. The molecule has 0 spiro atoms. The molecule has 6 nitrogen and oxygen atoms in total. The van der Waals surface area contributed by atoms with E-state index >= 15 is 0 Å². The Morgan fingerprint density at radius 1 is 1.14 bits per heavy atom. The number of nitrogens with zero attached hydrogens (tertiary/aromatic N) is 1. The van der Waals surface area contributed by atoms with Crippen molar-refractivity contribution in [2.24, 2.45) is 0 Å². The number of amides is 1. The van der Waals surface area contributed by atoms with Crippen molar-refractivity contribution in [2.75, 3.05) is 21.9 Å². The van der Waals surface area contributed by atoms with Gasteiger partial charge in [-0.15, -0.1) is 0 Å². The molecule has 2 aromatic rings. The zero-order valence-electron chi connectivity index (χ0n) is 11.9. The molecule has 0 saturated carbocycles. The first-order valence-electron chi connectivity index (χ1n) is 7.02. The molecule has 0 atom stereocenters. The van der Waals surface area contributed by atoms with Gasteiger partial charge in [-0.2, -0.15) is 0 Å². The summed E-state index contributed by atoms with van der Waals surface area (Å²) in [6.45, 7) is 0.500. The van der Waals surface area contributed by atoms with Gasteiger partial charge in [-0.25, -0.2) is 8.42 Å². The lowest BCUT2D eigenvalue weighted by Gasteiger charge is -2.28. The summed E-state index contributed by atoms with van der Waals surface area (Å²) in [5, 5.41) is 2.69. The van der Waals surface area contributed by atoms with Crippen molar-refractivity contribution < 1.29 is 17.6 Å². The highest BCUT2D eigenvalue weighted by atomic mass is 32.2. The molecule has 7 heteroatoms. The van der Waals surface area contributed by atoms with Crippen LogP contribution in [0.15, 0.2) is 47.1 Å². The molecular weight excluding hydrogens is 304 g/mol. The van der Waals surface area contributed by atoms with E-state index in [1.54, 1.807) is 36.4 Å². The average molecular weight is 320 g/mol. The van der Waals surface area contributed by atoms with Gasteiger partial charge >= 0.3 is 0 Å². The summed E-state index contributed by atoms with van der Waals surface area (Å²) in [5.41, 5.74) is 1.20. The fourth-order valence-corrected chi connectivity index (χ4v) is 4.03. The number of rotatable bonds is 3. The quantitative estimate of drug-likeness (QED) is 0.942. The standard InChI is InChI=1S/C15H16N2O4S/c18-15(14-4-3-10-21-14)16-12-5-7-13(8-6-12)17-9-1-2-11-22(17,19)20/h3-8,10H,1-2,9,11H2,(H,16,18). The SMILES string of the molecule is O=C(Nc1ccc(N2CCCCS2(=O)=O)cc1)c1ccco1. The van der Waals surface area contributed by atoms with Crippen LogP contribution >= 0.6 is 0 Å². The van der Waals surface area contributed by atoms with E-state index in [0.717, 1.165) is 6.42 Å². The lowest BCUT2D eigenvalue weighted by molar-refractivity contribution is 0.0996. The molecule has 3 rings (SSSR count). The Labute approximate surface area is 128 Å². The molecule has 1 aliphatic heterocycles. The number of anilines is 2. The summed E-state index contributed by atoms with van der Waals surface area (Å²) >= 11 is 0. The number of carbonyl (C=O) groups excluding carboxylic acids is 1. The lowest BCUT2D eigenvalue weighted by Crippen LogP contribution is -2.37. The van der Waals surface area contributed by atoms with E-state index in [1.165, 1.54) is 10.6 Å². The maximum Gasteiger partial charge on any atom is 0.291 e. The van der Waals surface area contributed by atoms with Crippen LogP contribution in [0, 0.1) is 0 Å². The van der Waals surface area contributed by atoms with E-state index in [-0.39, 0.29) is 17.4 Å². The number of hydrogen-bond acceptors (Lipinski definition) is 4. The van der Waals surface area contributed by atoms with E-state index in [0.29, 0.717) is 24.3 Å². The van der Waals surface area contributed by atoms with Crippen LogP contribution < -0.4 is 9.62 Å². The Bertz CT molecular complexity index is 751. The van der Waals surface area contributed by atoms with E-state index in [4.69, 9.17) is 4.42 Å². The van der Waals surface area contributed by atoms with Gasteiger partial charge < -0.3 is 9.73 Å². The number of hydrogen-bond donors (Lipinski definition) is 1. The fourth-order valence-electron chi connectivity index (χ4n) is 2.39. The summed E-state index contributed by atoms with van der Waals surface area (Å²) in [6.07, 6.45) is 2.99. The molecule has 1 amide bonds. The molecule has 22 heavy (non-hydrogen) atoms. The van der Waals surface area contributed by atoms with Crippen molar-refractivity contribution in [1.29, 1.82) is 0 Å². The Hall–Kier alpha value is -2.28. The van der Waals surface area contributed by atoms with Gasteiger partial charge in [-0.1, -0.05) is 0 Å². The van der Waals surface area contributed by atoms with Gasteiger partial charge in [0, 0.05) is 12.2 Å². The molecule has 116 valence electrons. The van der Waals surface area contributed by atoms with Crippen LogP contribution in [0.3, 0.4) is 0 Å².